The van der Waals surface area contributed by atoms with Crippen molar-refractivity contribution < 1.29 is 33.7 Å². The minimum absolute atomic E-state index is 0.0705. The molecule has 1 N–H and O–H groups in total. The maximum absolute atomic E-state index is 13.5. The predicted molar refractivity (Wildman–Crippen MR) is 145 cm³/mol. The summed E-state index contributed by atoms with van der Waals surface area (Å²) in [6.45, 7) is 8.92. The fourth-order valence-electron chi connectivity index (χ4n) is 5.30. The monoisotopic (exact) mass is 546 g/mol. The van der Waals surface area contributed by atoms with Gasteiger partial charge in [0.15, 0.2) is 5.60 Å². The zero-order valence-electron chi connectivity index (χ0n) is 22.7. The number of rotatable bonds is 8. The second kappa shape index (κ2) is 10.3. The molecule has 0 fully saturated rings. The van der Waals surface area contributed by atoms with E-state index in [1.807, 2.05) is 6.92 Å². The summed E-state index contributed by atoms with van der Waals surface area (Å²) < 4.78 is 17.3. The minimum atomic E-state index is -1.89. The molecular formula is C30H30N2O8. The molecule has 0 unspecified atom stereocenters. The van der Waals surface area contributed by atoms with Gasteiger partial charge in [-0.05, 0) is 56.0 Å². The number of benzene rings is 1. The molecule has 1 aromatic carbocycles. The Balaban J connectivity index is 1.45. The molecule has 1 atom stereocenters. The van der Waals surface area contributed by atoms with Crippen LogP contribution in [0.1, 0.15) is 62.3 Å². The molecular weight excluding hydrogens is 516 g/mol. The van der Waals surface area contributed by atoms with Crippen molar-refractivity contribution in [1.29, 1.82) is 0 Å². The lowest BCUT2D eigenvalue weighted by molar-refractivity contribution is -0.172. The van der Waals surface area contributed by atoms with Gasteiger partial charge in [0.05, 0.1) is 35.6 Å². The summed E-state index contributed by atoms with van der Waals surface area (Å²) in [7, 11) is 0. The summed E-state index contributed by atoms with van der Waals surface area (Å²) in [6, 6.07) is 6.86. The lowest BCUT2D eigenvalue weighted by atomic mass is 9.86. The second-order valence-corrected chi connectivity index (χ2v) is 10.0. The Kier molecular flexibility index (Phi) is 7.05. The Morgan fingerprint density at radius 2 is 1.98 bits per heavy atom. The van der Waals surface area contributed by atoms with Crippen molar-refractivity contribution in [3.63, 3.8) is 0 Å². The van der Waals surface area contributed by atoms with Crippen LogP contribution in [0.15, 0.2) is 41.2 Å². The zero-order chi connectivity index (χ0) is 28.8. The Morgan fingerprint density at radius 1 is 1.20 bits per heavy atom. The van der Waals surface area contributed by atoms with Crippen LogP contribution >= 0.6 is 0 Å². The van der Waals surface area contributed by atoms with Gasteiger partial charge in [0.25, 0.3) is 5.56 Å². The largest absolute Gasteiger partial charge is 0.462 e. The van der Waals surface area contributed by atoms with Gasteiger partial charge in [-0.15, -0.1) is 0 Å². The van der Waals surface area contributed by atoms with Crippen molar-refractivity contribution in [2.24, 2.45) is 0 Å². The molecule has 0 radical (unpaired) electrons. The number of ether oxygens (including phenoxy) is 3. The highest BCUT2D eigenvalue weighted by molar-refractivity contribution is 5.90. The molecule has 0 amide bonds. The van der Waals surface area contributed by atoms with Crippen molar-refractivity contribution >= 4 is 28.8 Å². The fourth-order valence-corrected chi connectivity index (χ4v) is 5.30. The maximum Gasteiger partial charge on any atom is 0.343 e. The van der Waals surface area contributed by atoms with Gasteiger partial charge in [0, 0.05) is 28.5 Å². The van der Waals surface area contributed by atoms with Gasteiger partial charge in [-0.25, -0.2) is 14.6 Å². The number of carbonyl (C=O) groups is 3. The number of pyridine rings is 2. The number of cyclic esters (lactones) is 1. The first-order valence-electron chi connectivity index (χ1n) is 13.2. The Hall–Kier alpha value is -4.31. The van der Waals surface area contributed by atoms with E-state index in [9.17, 15) is 24.3 Å². The summed E-state index contributed by atoms with van der Waals surface area (Å²) >= 11 is 0. The van der Waals surface area contributed by atoms with Gasteiger partial charge >= 0.3 is 17.9 Å². The summed E-state index contributed by atoms with van der Waals surface area (Å²) in [5.74, 6) is -1.36. The zero-order valence-corrected chi connectivity index (χ0v) is 22.7. The third kappa shape index (κ3) is 4.48. The highest BCUT2D eigenvalue weighted by atomic mass is 16.6. The van der Waals surface area contributed by atoms with Gasteiger partial charge < -0.3 is 23.9 Å². The number of hydrogen-bond donors (Lipinski definition) is 1. The van der Waals surface area contributed by atoms with E-state index in [-0.39, 0.29) is 49.3 Å². The number of aliphatic hydroxyl groups is 1. The quantitative estimate of drug-likeness (QED) is 0.153. The van der Waals surface area contributed by atoms with Gasteiger partial charge in [0.2, 0.25) is 0 Å². The smallest absolute Gasteiger partial charge is 0.343 e. The van der Waals surface area contributed by atoms with E-state index in [0.717, 1.165) is 16.5 Å². The molecule has 0 saturated carbocycles. The third-order valence-corrected chi connectivity index (χ3v) is 7.47. The van der Waals surface area contributed by atoms with Crippen LogP contribution in [0.3, 0.4) is 0 Å². The molecule has 3 aromatic rings. The van der Waals surface area contributed by atoms with Gasteiger partial charge in [-0.1, -0.05) is 20.4 Å². The molecule has 0 saturated heterocycles. The van der Waals surface area contributed by atoms with Gasteiger partial charge in [0.1, 0.15) is 12.4 Å². The summed E-state index contributed by atoms with van der Waals surface area (Å²) in [6.07, 6.45) is 1.10. The SMILES string of the molecule is C=C(C)C(=O)OCCCC(=O)Oc1ccc2nc3c(c(CC)c2c1)Cn1c-3cc2c(c1=O)COC(=O)[C@]2(O)CC. The molecule has 2 aliphatic rings. The van der Waals surface area contributed by atoms with Crippen LogP contribution in [-0.4, -0.2) is 39.2 Å². The Labute approximate surface area is 230 Å². The number of esters is 3. The molecule has 10 nitrogen and oxygen atoms in total. The number of nitrogens with zero attached hydrogens (tertiary/aromatic N) is 2. The van der Waals surface area contributed by atoms with Crippen LogP contribution in [0.5, 0.6) is 5.75 Å². The van der Waals surface area contributed by atoms with E-state index in [2.05, 4.69) is 6.58 Å². The highest BCUT2D eigenvalue weighted by Gasteiger charge is 2.45. The molecule has 10 heteroatoms. The van der Waals surface area contributed by atoms with E-state index < -0.39 is 23.5 Å². The Bertz CT molecular complexity index is 1650. The first-order chi connectivity index (χ1) is 19.1. The van der Waals surface area contributed by atoms with Crippen molar-refractivity contribution in [3.8, 4) is 17.1 Å². The average molecular weight is 547 g/mol. The molecule has 40 heavy (non-hydrogen) atoms. The van der Waals surface area contributed by atoms with Crippen molar-refractivity contribution in [2.45, 2.75) is 65.2 Å². The van der Waals surface area contributed by atoms with Gasteiger partial charge in [-0.2, -0.15) is 0 Å². The van der Waals surface area contributed by atoms with E-state index in [1.165, 1.54) is 0 Å². The third-order valence-electron chi connectivity index (χ3n) is 7.47. The number of hydrogen-bond acceptors (Lipinski definition) is 9. The van der Waals surface area contributed by atoms with Crippen LogP contribution in [-0.2, 0) is 49.0 Å². The molecule has 5 rings (SSSR count). The van der Waals surface area contributed by atoms with E-state index in [1.54, 1.807) is 42.7 Å². The normalized spacial score (nSPS) is 17.1. The fraction of sp³-hybridized carbons (Fsp3) is 0.367. The van der Waals surface area contributed by atoms with Crippen LogP contribution in [0, 0.1) is 0 Å². The lowest BCUT2D eigenvalue weighted by Gasteiger charge is -2.31. The van der Waals surface area contributed by atoms with Crippen LogP contribution in [0.25, 0.3) is 22.3 Å². The molecule has 4 heterocycles. The minimum Gasteiger partial charge on any atom is -0.462 e. The molecule has 208 valence electrons. The first kappa shape index (κ1) is 27.3. The van der Waals surface area contributed by atoms with Crippen molar-refractivity contribution in [2.75, 3.05) is 6.61 Å². The highest BCUT2D eigenvalue weighted by Crippen LogP contribution is 2.40. The van der Waals surface area contributed by atoms with Crippen LogP contribution < -0.4 is 10.3 Å². The molecule has 0 spiro atoms. The molecule has 2 aliphatic heterocycles. The van der Waals surface area contributed by atoms with E-state index >= 15 is 0 Å². The van der Waals surface area contributed by atoms with E-state index in [0.29, 0.717) is 41.1 Å². The topological polar surface area (TPSA) is 134 Å². The Morgan fingerprint density at radius 3 is 2.67 bits per heavy atom. The number of aryl methyl sites for hydroxylation is 1. The molecule has 0 aliphatic carbocycles. The van der Waals surface area contributed by atoms with E-state index in [4.69, 9.17) is 19.2 Å². The number of carbonyl (C=O) groups excluding carboxylic acids is 3. The standard InChI is InChI=1S/C30H30N2O8/c1-5-18-19-12-17(40-25(33)8-7-11-38-28(35)16(3)4)9-10-23(19)31-26-20(18)14-32-24(26)13-22-21(27(32)34)15-39-29(36)30(22,37)6-2/h9-10,12-13,37H,3,5-8,11,14-15H2,1-2,4H3/t30-/m0/s1. The van der Waals surface area contributed by atoms with Crippen molar-refractivity contribution in [1.82, 2.24) is 9.55 Å². The van der Waals surface area contributed by atoms with Crippen LogP contribution in [0.2, 0.25) is 0 Å². The summed E-state index contributed by atoms with van der Waals surface area (Å²) in [5.41, 5.74) is 2.28. The second-order valence-electron chi connectivity index (χ2n) is 10.0. The molecule has 0 bridgehead atoms. The van der Waals surface area contributed by atoms with Gasteiger partial charge in [-0.3, -0.25) is 9.59 Å². The average Bonchev–Trinajstić information content (AvgIpc) is 3.30. The summed E-state index contributed by atoms with van der Waals surface area (Å²) in [5, 5.41) is 11.9. The first-order valence-corrected chi connectivity index (χ1v) is 13.2. The number of aromatic nitrogens is 2. The summed E-state index contributed by atoms with van der Waals surface area (Å²) in [4.78, 5) is 54.6. The molecule has 2 aromatic heterocycles. The lowest BCUT2D eigenvalue weighted by Crippen LogP contribution is -2.44. The van der Waals surface area contributed by atoms with Crippen molar-refractivity contribution in [3.05, 3.63) is 69.0 Å². The van der Waals surface area contributed by atoms with Crippen LogP contribution in [0.4, 0.5) is 0 Å². The number of fused-ring (bicyclic) bond motifs is 5. The maximum atomic E-state index is 13.5. The predicted octanol–water partition coefficient (Wildman–Crippen LogP) is 3.45.